The van der Waals surface area contributed by atoms with Crippen LogP contribution in [0.25, 0.3) is 16.9 Å². The van der Waals surface area contributed by atoms with Gasteiger partial charge in [-0.2, -0.15) is 0 Å². The van der Waals surface area contributed by atoms with E-state index in [0.717, 1.165) is 28.2 Å². The Hall–Kier alpha value is -2.13. The second-order valence-corrected chi connectivity index (χ2v) is 6.80. The van der Waals surface area contributed by atoms with E-state index in [9.17, 15) is 0 Å². The molecule has 0 aliphatic rings. The molecule has 0 fully saturated rings. The average Bonchev–Trinajstić information content (AvgIpc) is 2.84. The molecular weight excluding hydrogens is 270 g/mol. The van der Waals surface area contributed by atoms with E-state index >= 15 is 0 Å². The van der Waals surface area contributed by atoms with Crippen LogP contribution in [0.5, 0.6) is 0 Å². The van der Waals surface area contributed by atoms with Crippen molar-refractivity contribution >= 4 is 5.65 Å². The molecule has 3 aromatic rings. The normalized spacial score (nSPS) is 12.0. The lowest BCUT2D eigenvalue weighted by atomic mass is 9.86. The summed E-state index contributed by atoms with van der Waals surface area (Å²) in [6, 6.07) is 12.8. The highest BCUT2D eigenvalue weighted by Crippen LogP contribution is 2.28. The van der Waals surface area contributed by atoms with Gasteiger partial charge in [0.1, 0.15) is 5.65 Å². The molecule has 0 unspecified atom stereocenters. The zero-order valence-electron chi connectivity index (χ0n) is 13.7. The molecule has 2 N–H and O–H groups in total. The minimum absolute atomic E-state index is 0.166. The monoisotopic (exact) mass is 293 g/mol. The van der Waals surface area contributed by atoms with Gasteiger partial charge in [-0.05, 0) is 24.0 Å². The van der Waals surface area contributed by atoms with Crippen LogP contribution in [0.4, 0.5) is 0 Å². The van der Waals surface area contributed by atoms with Crippen molar-refractivity contribution in [3.63, 3.8) is 0 Å². The van der Waals surface area contributed by atoms with Gasteiger partial charge in [0.2, 0.25) is 0 Å². The Kier molecular flexibility index (Phi) is 3.53. The van der Waals surface area contributed by atoms with Gasteiger partial charge in [-0.1, -0.05) is 51.1 Å². The summed E-state index contributed by atoms with van der Waals surface area (Å²) < 4.78 is 2.12. The first kappa shape index (κ1) is 14.8. The Morgan fingerprint density at radius 2 is 1.77 bits per heavy atom. The van der Waals surface area contributed by atoms with E-state index in [1.54, 1.807) is 0 Å². The number of aryl methyl sites for hydroxylation is 1. The summed E-state index contributed by atoms with van der Waals surface area (Å²) in [4.78, 5) is 4.83. The molecule has 2 heterocycles. The maximum Gasteiger partial charge on any atom is 0.142 e. The van der Waals surface area contributed by atoms with Gasteiger partial charge >= 0.3 is 0 Å². The third kappa shape index (κ3) is 2.42. The lowest BCUT2D eigenvalue weighted by Gasteiger charge is -2.19. The van der Waals surface area contributed by atoms with Gasteiger partial charge in [0.25, 0.3) is 0 Å². The Balaban J connectivity index is 2.12. The molecule has 3 rings (SSSR count). The van der Waals surface area contributed by atoms with E-state index in [-0.39, 0.29) is 5.41 Å². The van der Waals surface area contributed by atoms with Crippen LogP contribution in [0.2, 0.25) is 0 Å². The quantitative estimate of drug-likeness (QED) is 0.774. The number of benzene rings is 1. The molecule has 0 amide bonds. The fourth-order valence-corrected chi connectivity index (χ4v) is 2.80. The van der Waals surface area contributed by atoms with Crippen molar-refractivity contribution in [3.8, 4) is 11.3 Å². The third-order valence-electron chi connectivity index (χ3n) is 4.21. The van der Waals surface area contributed by atoms with Gasteiger partial charge in [0.05, 0.1) is 5.69 Å². The molecule has 0 bridgehead atoms. The predicted molar refractivity (Wildman–Crippen MR) is 92.0 cm³/mol. The average molecular weight is 293 g/mol. The molecule has 0 spiro atoms. The number of rotatable bonds is 2. The highest BCUT2D eigenvalue weighted by molar-refractivity contribution is 5.68. The number of nitrogens with zero attached hydrogens (tertiary/aromatic N) is 2. The van der Waals surface area contributed by atoms with Gasteiger partial charge < -0.3 is 10.1 Å². The van der Waals surface area contributed by atoms with Gasteiger partial charge in [0, 0.05) is 29.6 Å². The van der Waals surface area contributed by atoms with Gasteiger partial charge in [-0.25, -0.2) is 4.98 Å². The van der Waals surface area contributed by atoms with Crippen LogP contribution in [0, 0.1) is 6.92 Å². The highest BCUT2D eigenvalue weighted by Gasteiger charge is 2.15. The van der Waals surface area contributed by atoms with Crippen molar-refractivity contribution in [2.75, 3.05) is 0 Å². The zero-order chi connectivity index (χ0) is 15.9. The van der Waals surface area contributed by atoms with E-state index < -0.39 is 0 Å². The molecule has 0 aliphatic carbocycles. The van der Waals surface area contributed by atoms with Crippen LogP contribution in [0.3, 0.4) is 0 Å². The van der Waals surface area contributed by atoms with Crippen molar-refractivity contribution in [1.82, 2.24) is 9.38 Å². The molecule has 3 heteroatoms. The smallest absolute Gasteiger partial charge is 0.142 e. The van der Waals surface area contributed by atoms with Crippen LogP contribution in [-0.4, -0.2) is 9.38 Å². The number of hydrogen-bond acceptors (Lipinski definition) is 2. The number of pyridine rings is 1. The fraction of sp³-hybridized carbons (Fsp3) is 0.316. The number of fused-ring (bicyclic) bond motifs is 1. The first-order chi connectivity index (χ1) is 10.4. The summed E-state index contributed by atoms with van der Waals surface area (Å²) in [5.74, 6) is 0. The van der Waals surface area contributed by atoms with Gasteiger partial charge in [0.15, 0.2) is 0 Å². The standard InChI is InChI=1S/C19H23N3/c1-13-17(14-7-9-16(10-8-14)19(2,3)4)21-18-15(12-20)6-5-11-22(13)18/h5-11H,12,20H2,1-4H3. The first-order valence-corrected chi connectivity index (χ1v) is 7.69. The summed E-state index contributed by atoms with van der Waals surface area (Å²) in [5, 5.41) is 0. The van der Waals surface area contributed by atoms with Crippen molar-refractivity contribution < 1.29 is 0 Å². The van der Waals surface area contributed by atoms with E-state index in [1.165, 1.54) is 5.56 Å². The Bertz CT molecular complexity index is 805. The largest absolute Gasteiger partial charge is 0.326 e. The van der Waals surface area contributed by atoms with Crippen LogP contribution in [-0.2, 0) is 12.0 Å². The maximum atomic E-state index is 5.83. The second kappa shape index (κ2) is 5.25. The minimum atomic E-state index is 0.166. The Morgan fingerprint density at radius 3 is 2.36 bits per heavy atom. The second-order valence-electron chi connectivity index (χ2n) is 6.80. The predicted octanol–water partition coefficient (Wildman–Crippen LogP) is 4.07. The number of imidazole rings is 1. The summed E-state index contributed by atoms with van der Waals surface area (Å²) in [6.45, 7) is 9.29. The molecular formula is C19H23N3. The van der Waals surface area contributed by atoms with E-state index in [2.05, 4.69) is 56.4 Å². The van der Waals surface area contributed by atoms with Gasteiger partial charge in [-0.15, -0.1) is 0 Å². The minimum Gasteiger partial charge on any atom is -0.326 e. The van der Waals surface area contributed by atoms with Crippen LogP contribution >= 0.6 is 0 Å². The van der Waals surface area contributed by atoms with E-state index in [1.807, 2.05) is 18.3 Å². The molecule has 1 aromatic carbocycles. The molecule has 22 heavy (non-hydrogen) atoms. The SMILES string of the molecule is Cc1c(-c2ccc(C(C)(C)C)cc2)nc2c(CN)cccn12. The lowest BCUT2D eigenvalue weighted by Crippen LogP contribution is -2.10. The molecule has 0 saturated heterocycles. The molecule has 0 radical (unpaired) electrons. The molecule has 0 aliphatic heterocycles. The third-order valence-corrected chi connectivity index (χ3v) is 4.21. The summed E-state index contributed by atoms with van der Waals surface area (Å²) in [7, 11) is 0. The maximum absolute atomic E-state index is 5.83. The Morgan fingerprint density at radius 1 is 1.09 bits per heavy atom. The fourth-order valence-electron chi connectivity index (χ4n) is 2.80. The molecule has 3 nitrogen and oxygen atoms in total. The lowest BCUT2D eigenvalue weighted by molar-refractivity contribution is 0.590. The van der Waals surface area contributed by atoms with Crippen LogP contribution in [0.1, 0.15) is 37.6 Å². The molecule has 0 saturated carbocycles. The zero-order valence-corrected chi connectivity index (χ0v) is 13.7. The van der Waals surface area contributed by atoms with Crippen molar-refractivity contribution in [3.05, 3.63) is 59.4 Å². The summed E-state index contributed by atoms with van der Waals surface area (Å²) in [5.41, 5.74) is 12.7. The molecule has 2 aromatic heterocycles. The van der Waals surface area contributed by atoms with E-state index in [0.29, 0.717) is 6.54 Å². The van der Waals surface area contributed by atoms with Crippen LogP contribution in [0.15, 0.2) is 42.6 Å². The van der Waals surface area contributed by atoms with Crippen molar-refractivity contribution in [2.45, 2.75) is 39.7 Å². The molecule has 114 valence electrons. The topological polar surface area (TPSA) is 43.3 Å². The highest BCUT2D eigenvalue weighted by atomic mass is 15.0. The van der Waals surface area contributed by atoms with Crippen molar-refractivity contribution in [1.29, 1.82) is 0 Å². The Labute approximate surface area is 131 Å². The summed E-state index contributed by atoms with van der Waals surface area (Å²) in [6.07, 6.45) is 2.05. The number of hydrogen-bond donors (Lipinski definition) is 1. The molecule has 0 atom stereocenters. The van der Waals surface area contributed by atoms with Gasteiger partial charge in [-0.3, -0.25) is 0 Å². The number of nitrogens with two attached hydrogens (primary N) is 1. The summed E-state index contributed by atoms with van der Waals surface area (Å²) >= 11 is 0. The first-order valence-electron chi connectivity index (χ1n) is 7.69. The van der Waals surface area contributed by atoms with Crippen LogP contribution < -0.4 is 5.73 Å². The number of aromatic nitrogens is 2. The van der Waals surface area contributed by atoms with E-state index in [4.69, 9.17) is 10.7 Å². The van der Waals surface area contributed by atoms with Crippen molar-refractivity contribution in [2.24, 2.45) is 5.73 Å².